The molecule has 2 heteroatoms. The summed E-state index contributed by atoms with van der Waals surface area (Å²) in [5.41, 5.74) is 2.79. The van der Waals surface area contributed by atoms with E-state index < -0.39 is 0 Å². The van der Waals surface area contributed by atoms with Crippen LogP contribution < -0.4 is 5.48 Å². The van der Waals surface area contributed by atoms with Crippen molar-refractivity contribution in [2.75, 3.05) is 6.54 Å². The minimum Gasteiger partial charge on any atom is -0.295 e. The highest BCUT2D eigenvalue weighted by molar-refractivity contribution is 4.74. The molecule has 0 aliphatic heterocycles. The van der Waals surface area contributed by atoms with Gasteiger partial charge in [0.05, 0.1) is 6.10 Å². The Labute approximate surface area is 62.5 Å². The number of hydroxylamine groups is 1. The molecule has 0 aromatic heterocycles. The molecule has 0 radical (unpaired) electrons. The smallest absolute Gasteiger partial charge is 0.0940 e. The average molecular weight is 141 g/mol. The van der Waals surface area contributed by atoms with Crippen LogP contribution >= 0.6 is 0 Å². The van der Waals surface area contributed by atoms with E-state index in [2.05, 4.69) is 18.6 Å². The van der Waals surface area contributed by atoms with E-state index in [0.29, 0.717) is 0 Å². The Hall–Kier alpha value is -0.600. The molecule has 0 rings (SSSR count). The molecule has 1 unspecified atom stereocenters. The molecule has 0 saturated carbocycles. The third kappa shape index (κ3) is 5.54. The van der Waals surface area contributed by atoms with E-state index in [1.54, 1.807) is 6.08 Å². The molecule has 0 aromatic carbocycles. The zero-order valence-corrected chi connectivity index (χ0v) is 6.47. The molecule has 1 N–H and O–H groups in total. The van der Waals surface area contributed by atoms with Crippen molar-refractivity contribution >= 4 is 0 Å². The van der Waals surface area contributed by atoms with E-state index in [-0.39, 0.29) is 6.10 Å². The zero-order chi connectivity index (χ0) is 7.82. The van der Waals surface area contributed by atoms with Gasteiger partial charge in [-0.15, -0.1) is 13.2 Å². The van der Waals surface area contributed by atoms with Crippen LogP contribution in [0.5, 0.6) is 0 Å². The van der Waals surface area contributed by atoms with Crippen molar-refractivity contribution in [3.05, 3.63) is 25.3 Å². The Morgan fingerprint density at radius 2 is 2.30 bits per heavy atom. The average Bonchev–Trinajstić information content (AvgIpc) is 1.98. The second-order valence-corrected chi connectivity index (χ2v) is 2.03. The van der Waals surface area contributed by atoms with Crippen LogP contribution in [0.15, 0.2) is 25.3 Å². The molecule has 2 nitrogen and oxygen atoms in total. The molecular weight excluding hydrogens is 126 g/mol. The molecule has 0 aromatic rings. The fraction of sp³-hybridized carbons (Fsp3) is 0.500. The van der Waals surface area contributed by atoms with Crippen molar-refractivity contribution in [1.82, 2.24) is 5.48 Å². The molecule has 0 aliphatic carbocycles. The Morgan fingerprint density at radius 3 is 2.80 bits per heavy atom. The largest absolute Gasteiger partial charge is 0.295 e. The summed E-state index contributed by atoms with van der Waals surface area (Å²) >= 11 is 0. The topological polar surface area (TPSA) is 21.3 Å². The lowest BCUT2D eigenvalue weighted by Crippen LogP contribution is -2.20. The van der Waals surface area contributed by atoms with Gasteiger partial charge in [-0.1, -0.05) is 12.2 Å². The quantitative estimate of drug-likeness (QED) is 0.345. The predicted molar refractivity (Wildman–Crippen MR) is 43.6 cm³/mol. The SMILES string of the molecule is C=CCCNOC(C)C=C. The molecule has 10 heavy (non-hydrogen) atoms. The number of hydrogen-bond acceptors (Lipinski definition) is 2. The van der Waals surface area contributed by atoms with E-state index in [1.807, 2.05) is 13.0 Å². The molecule has 0 aliphatic rings. The summed E-state index contributed by atoms with van der Waals surface area (Å²) in [5.74, 6) is 0. The maximum absolute atomic E-state index is 5.08. The molecule has 0 amide bonds. The summed E-state index contributed by atoms with van der Waals surface area (Å²) in [7, 11) is 0. The standard InChI is InChI=1S/C8H15NO/c1-4-6-7-9-10-8(3)5-2/h4-5,8-9H,1-2,6-7H2,3H3. The van der Waals surface area contributed by atoms with Gasteiger partial charge in [0.2, 0.25) is 0 Å². The molecule has 0 spiro atoms. The Bertz CT molecular complexity index is 101. The Kier molecular flexibility index (Phi) is 6.13. The van der Waals surface area contributed by atoms with Gasteiger partial charge in [0.25, 0.3) is 0 Å². The predicted octanol–water partition coefficient (Wildman–Crippen LogP) is 1.66. The van der Waals surface area contributed by atoms with Crippen molar-refractivity contribution in [1.29, 1.82) is 0 Å². The van der Waals surface area contributed by atoms with Gasteiger partial charge in [-0.3, -0.25) is 4.84 Å². The van der Waals surface area contributed by atoms with Crippen LogP contribution in [0.2, 0.25) is 0 Å². The number of hydrogen-bond donors (Lipinski definition) is 1. The van der Waals surface area contributed by atoms with Crippen molar-refractivity contribution in [3.63, 3.8) is 0 Å². The highest BCUT2D eigenvalue weighted by Gasteiger charge is 1.91. The summed E-state index contributed by atoms with van der Waals surface area (Å²) in [6.45, 7) is 9.89. The molecule has 58 valence electrons. The maximum atomic E-state index is 5.08. The van der Waals surface area contributed by atoms with Crippen molar-refractivity contribution in [3.8, 4) is 0 Å². The Morgan fingerprint density at radius 1 is 1.60 bits per heavy atom. The molecule has 0 saturated heterocycles. The van der Waals surface area contributed by atoms with Gasteiger partial charge in [0.1, 0.15) is 0 Å². The van der Waals surface area contributed by atoms with Crippen LogP contribution in [0.4, 0.5) is 0 Å². The fourth-order valence-electron chi connectivity index (χ4n) is 0.399. The third-order valence-electron chi connectivity index (χ3n) is 1.05. The molecule has 0 fully saturated rings. The first-order valence-corrected chi connectivity index (χ1v) is 3.43. The van der Waals surface area contributed by atoms with Gasteiger partial charge < -0.3 is 0 Å². The lowest BCUT2D eigenvalue weighted by Gasteiger charge is -2.07. The van der Waals surface area contributed by atoms with Crippen LogP contribution in [0.3, 0.4) is 0 Å². The maximum Gasteiger partial charge on any atom is 0.0940 e. The lowest BCUT2D eigenvalue weighted by molar-refractivity contribution is 0.0114. The van der Waals surface area contributed by atoms with Gasteiger partial charge >= 0.3 is 0 Å². The van der Waals surface area contributed by atoms with Crippen molar-refractivity contribution in [2.24, 2.45) is 0 Å². The molecule has 0 bridgehead atoms. The second kappa shape index (κ2) is 6.52. The van der Waals surface area contributed by atoms with Crippen LogP contribution in [0.1, 0.15) is 13.3 Å². The first kappa shape index (κ1) is 9.40. The minimum absolute atomic E-state index is 0.0739. The molecule has 0 heterocycles. The van der Waals surface area contributed by atoms with E-state index >= 15 is 0 Å². The first-order valence-electron chi connectivity index (χ1n) is 3.43. The fourth-order valence-corrected chi connectivity index (χ4v) is 0.399. The normalized spacial score (nSPS) is 12.5. The van der Waals surface area contributed by atoms with Crippen LogP contribution in [-0.2, 0) is 4.84 Å². The van der Waals surface area contributed by atoms with Gasteiger partial charge in [-0.25, -0.2) is 5.48 Å². The minimum atomic E-state index is 0.0739. The highest BCUT2D eigenvalue weighted by atomic mass is 16.7. The van der Waals surface area contributed by atoms with Gasteiger partial charge in [0.15, 0.2) is 0 Å². The van der Waals surface area contributed by atoms with Crippen LogP contribution in [0, 0.1) is 0 Å². The number of rotatable bonds is 6. The van der Waals surface area contributed by atoms with E-state index in [1.165, 1.54) is 0 Å². The first-order chi connectivity index (χ1) is 4.81. The summed E-state index contributed by atoms with van der Waals surface area (Å²) in [6.07, 6.45) is 4.57. The van der Waals surface area contributed by atoms with Gasteiger partial charge in [-0.05, 0) is 13.3 Å². The lowest BCUT2D eigenvalue weighted by atomic mass is 10.4. The number of nitrogens with one attached hydrogen (secondary N) is 1. The van der Waals surface area contributed by atoms with E-state index in [4.69, 9.17) is 4.84 Å². The van der Waals surface area contributed by atoms with Gasteiger partial charge in [0, 0.05) is 6.54 Å². The third-order valence-corrected chi connectivity index (χ3v) is 1.05. The monoisotopic (exact) mass is 141 g/mol. The van der Waals surface area contributed by atoms with Crippen molar-refractivity contribution < 1.29 is 4.84 Å². The van der Waals surface area contributed by atoms with E-state index in [0.717, 1.165) is 13.0 Å². The summed E-state index contributed by atoms with van der Waals surface area (Å²) in [4.78, 5) is 5.08. The van der Waals surface area contributed by atoms with Crippen LogP contribution in [0.25, 0.3) is 0 Å². The van der Waals surface area contributed by atoms with Crippen LogP contribution in [-0.4, -0.2) is 12.6 Å². The molecular formula is C8H15NO. The Balaban J connectivity index is 3.02. The summed E-state index contributed by atoms with van der Waals surface area (Å²) in [5, 5.41) is 0. The summed E-state index contributed by atoms with van der Waals surface area (Å²) in [6, 6.07) is 0. The zero-order valence-electron chi connectivity index (χ0n) is 6.47. The molecule has 1 atom stereocenters. The second-order valence-electron chi connectivity index (χ2n) is 2.03. The van der Waals surface area contributed by atoms with E-state index in [9.17, 15) is 0 Å². The van der Waals surface area contributed by atoms with Crippen molar-refractivity contribution in [2.45, 2.75) is 19.4 Å². The highest BCUT2D eigenvalue weighted by Crippen LogP contribution is 1.86. The summed E-state index contributed by atoms with van der Waals surface area (Å²) < 4.78 is 0. The van der Waals surface area contributed by atoms with Gasteiger partial charge in [-0.2, -0.15) is 0 Å².